The molecule has 1 atom stereocenters. The molecule has 0 amide bonds. The molecule has 1 unspecified atom stereocenters. The van der Waals surface area contributed by atoms with E-state index in [2.05, 4.69) is 10.1 Å². The summed E-state index contributed by atoms with van der Waals surface area (Å²) < 4.78 is 10.6. The van der Waals surface area contributed by atoms with Crippen LogP contribution in [0.3, 0.4) is 0 Å². The van der Waals surface area contributed by atoms with Gasteiger partial charge < -0.3 is 14.4 Å². The van der Waals surface area contributed by atoms with E-state index in [1.54, 1.807) is 31.4 Å². The number of para-hydroxylation sites is 1. The average Bonchev–Trinajstić information content (AvgIpc) is 2.78. The van der Waals surface area contributed by atoms with Crippen molar-refractivity contribution in [3.8, 4) is 17.2 Å². The Morgan fingerprint density at radius 2 is 1.95 bits per heavy atom. The van der Waals surface area contributed by atoms with Gasteiger partial charge in [0.25, 0.3) is 5.89 Å². The van der Waals surface area contributed by atoms with Crippen molar-refractivity contribution in [3.05, 3.63) is 30.1 Å². The van der Waals surface area contributed by atoms with Gasteiger partial charge in [-0.05, 0) is 17.5 Å². The molecule has 1 heterocycles. The highest BCUT2D eigenvalue weighted by Crippen LogP contribution is 2.35. The molecule has 19 heavy (non-hydrogen) atoms. The highest BCUT2D eigenvalue weighted by atomic mass is 16.5. The summed E-state index contributed by atoms with van der Waals surface area (Å²) in [5.41, 5.74) is 0.374. The van der Waals surface area contributed by atoms with Crippen LogP contribution in [0, 0.1) is 5.41 Å². The van der Waals surface area contributed by atoms with Crippen molar-refractivity contribution >= 4 is 0 Å². The predicted octanol–water partition coefficient (Wildman–Crippen LogP) is 3.18. The molecule has 0 saturated carbocycles. The number of benzene rings is 1. The summed E-state index contributed by atoms with van der Waals surface area (Å²) in [4.78, 5) is 4.32. The molecule has 0 aliphatic heterocycles. The molecule has 5 heteroatoms. The number of aromatic hydroxyl groups is 1. The first-order chi connectivity index (χ1) is 8.93. The molecule has 102 valence electrons. The lowest BCUT2D eigenvalue weighted by Gasteiger charge is -2.26. The Balaban J connectivity index is 2.37. The largest absolute Gasteiger partial charge is 0.507 e. The Kier molecular flexibility index (Phi) is 3.57. The Labute approximate surface area is 112 Å². The van der Waals surface area contributed by atoms with Crippen molar-refractivity contribution in [3.63, 3.8) is 0 Å². The standard InChI is InChI=1S/C14H18N2O3/c1-14(2,3)11(18-4)12-15-13(19-16-12)9-7-5-6-8-10(9)17/h5-8,11,17H,1-4H3. The summed E-state index contributed by atoms with van der Waals surface area (Å²) >= 11 is 0. The molecule has 2 aromatic rings. The molecule has 0 aliphatic carbocycles. The van der Waals surface area contributed by atoms with Crippen LogP contribution >= 0.6 is 0 Å². The number of ether oxygens (including phenoxy) is 1. The number of phenols is 1. The van der Waals surface area contributed by atoms with Gasteiger partial charge in [-0.3, -0.25) is 0 Å². The highest BCUT2D eigenvalue weighted by molar-refractivity contribution is 5.61. The fraction of sp³-hybridized carbons (Fsp3) is 0.429. The van der Waals surface area contributed by atoms with Crippen LogP contribution in [0.4, 0.5) is 0 Å². The van der Waals surface area contributed by atoms with E-state index in [9.17, 15) is 5.11 Å². The third-order valence-corrected chi connectivity index (χ3v) is 2.83. The fourth-order valence-electron chi connectivity index (χ4n) is 1.95. The van der Waals surface area contributed by atoms with Gasteiger partial charge in [-0.2, -0.15) is 4.98 Å². The Bertz CT molecular complexity index is 558. The van der Waals surface area contributed by atoms with Crippen LogP contribution in [0.2, 0.25) is 0 Å². The van der Waals surface area contributed by atoms with E-state index in [4.69, 9.17) is 9.26 Å². The third-order valence-electron chi connectivity index (χ3n) is 2.83. The number of hydrogen-bond acceptors (Lipinski definition) is 5. The van der Waals surface area contributed by atoms with Crippen LogP contribution in [0.5, 0.6) is 5.75 Å². The molecule has 0 aliphatic rings. The summed E-state index contributed by atoms with van der Waals surface area (Å²) in [7, 11) is 1.62. The van der Waals surface area contributed by atoms with E-state index in [0.717, 1.165) is 0 Å². The first kappa shape index (κ1) is 13.5. The van der Waals surface area contributed by atoms with Gasteiger partial charge in [0.2, 0.25) is 5.82 Å². The van der Waals surface area contributed by atoms with Gasteiger partial charge in [-0.1, -0.05) is 38.1 Å². The second kappa shape index (κ2) is 5.01. The summed E-state index contributed by atoms with van der Waals surface area (Å²) in [5.74, 6) is 0.884. The molecule has 0 fully saturated rings. The third kappa shape index (κ3) is 2.76. The van der Waals surface area contributed by atoms with E-state index in [1.807, 2.05) is 20.8 Å². The van der Waals surface area contributed by atoms with Crippen LogP contribution in [-0.4, -0.2) is 22.4 Å². The number of hydrogen-bond donors (Lipinski definition) is 1. The Hall–Kier alpha value is -1.88. The van der Waals surface area contributed by atoms with Crippen molar-refractivity contribution in [2.75, 3.05) is 7.11 Å². The van der Waals surface area contributed by atoms with Gasteiger partial charge in [0.05, 0.1) is 5.56 Å². The van der Waals surface area contributed by atoms with Crippen LogP contribution in [0.1, 0.15) is 32.7 Å². The molecule has 5 nitrogen and oxygen atoms in total. The van der Waals surface area contributed by atoms with E-state index >= 15 is 0 Å². The van der Waals surface area contributed by atoms with Gasteiger partial charge in [0.15, 0.2) is 0 Å². The Morgan fingerprint density at radius 3 is 2.53 bits per heavy atom. The van der Waals surface area contributed by atoms with Crippen molar-refractivity contribution in [2.45, 2.75) is 26.9 Å². The Morgan fingerprint density at radius 1 is 1.26 bits per heavy atom. The zero-order valence-corrected chi connectivity index (χ0v) is 11.5. The van der Waals surface area contributed by atoms with Crippen LogP contribution < -0.4 is 0 Å². The summed E-state index contributed by atoms with van der Waals surface area (Å²) in [6, 6.07) is 6.85. The zero-order valence-electron chi connectivity index (χ0n) is 11.5. The lowest BCUT2D eigenvalue weighted by Crippen LogP contribution is -2.21. The molecular formula is C14H18N2O3. The van der Waals surface area contributed by atoms with Crippen molar-refractivity contribution < 1.29 is 14.4 Å². The topological polar surface area (TPSA) is 68.4 Å². The monoisotopic (exact) mass is 262 g/mol. The zero-order chi connectivity index (χ0) is 14.0. The number of phenolic OH excluding ortho intramolecular Hbond substituents is 1. The van der Waals surface area contributed by atoms with E-state index < -0.39 is 0 Å². The van der Waals surface area contributed by atoms with Crippen molar-refractivity contribution in [1.29, 1.82) is 0 Å². The quantitative estimate of drug-likeness (QED) is 0.920. The van der Waals surface area contributed by atoms with E-state index in [1.165, 1.54) is 0 Å². The number of rotatable bonds is 3. The first-order valence-corrected chi connectivity index (χ1v) is 6.08. The smallest absolute Gasteiger partial charge is 0.261 e. The second-order valence-corrected chi connectivity index (χ2v) is 5.46. The maximum absolute atomic E-state index is 9.77. The van der Waals surface area contributed by atoms with Gasteiger partial charge >= 0.3 is 0 Å². The molecule has 0 radical (unpaired) electrons. The minimum Gasteiger partial charge on any atom is -0.507 e. The van der Waals surface area contributed by atoms with E-state index in [-0.39, 0.29) is 17.3 Å². The summed E-state index contributed by atoms with van der Waals surface area (Å²) in [5, 5.41) is 13.7. The fourth-order valence-corrected chi connectivity index (χ4v) is 1.95. The maximum Gasteiger partial charge on any atom is 0.261 e. The molecule has 1 aromatic carbocycles. The van der Waals surface area contributed by atoms with Gasteiger partial charge in [0.1, 0.15) is 11.9 Å². The lowest BCUT2D eigenvalue weighted by molar-refractivity contribution is 0.00718. The minimum atomic E-state index is -0.268. The first-order valence-electron chi connectivity index (χ1n) is 6.08. The molecule has 0 bridgehead atoms. The minimum absolute atomic E-state index is 0.113. The van der Waals surface area contributed by atoms with Crippen molar-refractivity contribution in [1.82, 2.24) is 10.1 Å². The van der Waals surface area contributed by atoms with Gasteiger partial charge in [0, 0.05) is 7.11 Å². The molecule has 1 N–H and O–H groups in total. The SMILES string of the molecule is COC(c1noc(-c2ccccc2O)n1)C(C)(C)C. The number of methoxy groups -OCH3 is 1. The predicted molar refractivity (Wildman–Crippen MR) is 70.6 cm³/mol. The van der Waals surface area contributed by atoms with Crippen LogP contribution in [0.15, 0.2) is 28.8 Å². The molecule has 2 rings (SSSR count). The van der Waals surface area contributed by atoms with Crippen LogP contribution in [0.25, 0.3) is 11.5 Å². The van der Waals surface area contributed by atoms with Crippen LogP contribution in [-0.2, 0) is 4.74 Å². The summed E-state index contributed by atoms with van der Waals surface area (Å²) in [6.07, 6.45) is -0.268. The average molecular weight is 262 g/mol. The summed E-state index contributed by atoms with van der Waals surface area (Å²) in [6.45, 7) is 6.12. The van der Waals surface area contributed by atoms with Gasteiger partial charge in [-0.25, -0.2) is 0 Å². The number of nitrogens with zero attached hydrogens (tertiary/aromatic N) is 2. The number of aromatic nitrogens is 2. The molecule has 0 spiro atoms. The normalized spacial score (nSPS) is 13.5. The highest BCUT2D eigenvalue weighted by Gasteiger charge is 2.30. The molecule has 1 aromatic heterocycles. The maximum atomic E-state index is 9.77. The molecular weight excluding hydrogens is 244 g/mol. The van der Waals surface area contributed by atoms with Crippen molar-refractivity contribution in [2.24, 2.45) is 5.41 Å². The second-order valence-electron chi connectivity index (χ2n) is 5.46. The molecule has 0 saturated heterocycles. The lowest BCUT2D eigenvalue weighted by atomic mass is 9.88. The van der Waals surface area contributed by atoms with E-state index in [0.29, 0.717) is 17.3 Å². The van der Waals surface area contributed by atoms with Gasteiger partial charge in [-0.15, -0.1) is 0 Å².